The van der Waals surface area contributed by atoms with Crippen LogP contribution in [0.5, 0.6) is 0 Å². The molecule has 1 fully saturated rings. The highest BCUT2D eigenvalue weighted by Gasteiger charge is 2.75. The van der Waals surface area contributed by atoms with Crippen molar-refractivity contribution in [1.29, 1.82) is 5.26 Å². The largest absolute Gasteiger partial charge is 0.343 e. The third kappa shape index (κ3) is 1.28. The first-order chi connectivity index (χ1) is 8.12. The molecular formula is C14H15NO2. The minimum absolute atomic E-state index is 0.177. The Bertz CT molecular complexity index is 474. The lowest BCUT2D eigenvalue weighted by atomic mass is 10.1. The van der Waals surface area contributed by atoms with Crippen molar-refractivity contribution in [3.63, 3.8) is 0 Å². The Balaban J connectivity index is 1.91. The van der Waals surface area contributed by atoms with Crippen LogP contribution in [-0.4, -0.2) is 5.79 Å². The number of nitriles is 1. The summed E-state index contributed by atoms with van der Waals surface area (Å²) in [7, 11) is 0. The van der Waals surface area contributed by atoms with Crippen LogP contribution in [0.25, 0.3) is 0 Å². The van der Waals surface area contributed by atoms with Gasteiger partial charge >= 0.3 is 0 Å². The molecule has 1 heterocycles. The monoisotopic (exact) mass is 229 g/mol. The maximum absolute atomic E-state index is 9.16. The molecular weight excluding hydrogens is 214 g/mol. The second-order valence-electron chi connectivity index (χ2n) is 5.30. The van der Waals surface area contributed by atoms with E-state index in [1.165, 1.54) is 0 Å². The van der Waals surface area contributed by atoms with Gasteiger partial charge in [-0.2, -0.15) is 5.26 Å². The minimum atomic E-state index is -0.708. The summed E-state index contributed by atoms with van der Waals surface area (Å²) in [6.07, 6.45) is 0. The van der Waals surface area contributed by atoms with E-state index in [4.69, 9.17) is 14.7 Å². The molecule has 3 rings (SSSR count). The predicted molar refractivity (Wildman–Crippen MR) is 61.6 cm³/mol. The van der Waals surface area contributed by atoms with Crippen molar-refractivity contribution in [1.82, 2.24) is 0 Å². The lowest BCUT2D eigenvalue weighted by molar-refractivity contribution is -0.198. The van der Waals surface area contributed by atoms with Gasteiger partial charge in [-0.05, 0) is 11.1 Å². The summed E-state index contributed by atoms with van der Waals surface area (Å²) < 4.78 is 11.8. The Morgan fingerprint density at radius 3 is 2.12 bits per heavy atom. The maximum Gasteiger partial charge on any atom is 0.192 e. The van der Waals surface area contributed by atoms with Crippen molar-refractivity contribution in [2.75, 3.05) is 0 Å². The number of fused-ring (bicyclic) bond motifs is 1. The van der Waals surface area contributed by atoms with E-state index in [1.54, 1.807) is 0 Å². The zero-order valence-corrected chi connectivity index (χ0v) is 10.1. The number of hydrogen-bond donors (Lipinski definition) is 0. The summed E-state index contributed by atoms with van der Waals surface area (Å²) >= 11 is 0. The average molecular weight is 229 g/mol. The van der Waals surface area contributed by atoms with E-state index in [0.717, 1.165) is 11.1 Å². The SMILES string of the molecule is CC1(C)C(C#N)C12OCc1ccccc1CO2. The number of nitrogens with zero attached hydrogens (tertiary/aromatic N) is 1. The van der Waals surface area contributed by atoms with E-state index >= 15 is 0 Å². The molecule has 3 heteroatoms. The van der Waals surface area contributed by atoms with E-state index < -0.39 is 5.79 Å². The molecule has 1 atom stereocenters. The molecule has 17 heavy (non-hydrogen) atoms. The smallest absolute Gasteiger partial charge is 0.192 e. The molecule has 0 N–H and O–H groups in total. The molecule has 3 nitrogen and oxygen atoms in total. The highest BCUT2D eigenvalue weighted by molar-refractivity contribution is 5.30. The molecule has 1 aliphatic heterocycles. The molecule has 0 aromatic heterocycles. The van der Waals surface area contributed by atoms with Gasteiger partial charge < -0.3 is 9.47 Å². The summed E-state index contributed by atoms with van der Waals surface area (Å²) in [5.74, 6) is -0.884. The van der Waals surface area contributed by atoms with Crippen LogP contribution in [0.1, 0.15) is 25.0 Å². The lowest BCUT2D eigenvalue weighted by Gasteiger charge is -2.18. The number of benzene rings is 1. The fourth-order valence-electron chi connectivity index (χ4n) is 2.72. The first-order valence-electron chi connectivity index (χ1n) is 5.86. The van der Waals surface area contributed by atoms with Crippen LogP contribution >= 0.6 is 0 Å². The fraction of sp³-hybridized carbons (Fsp3) is 0.500. The van der Waals surface area contributed by atoms with Gasteiger partial charge in [-0.15, -0.1) is 0 Å². The Morgan fingerprint density at radius 2 is 1.71 bits per heavy atom. The first-order valence-corrected chi connectivity index (χ1v) is 5.86. The van der Waals surface area contributed by atoms with Crippen molar-refractivity contribution in [2.24, 2.45) is 11.3 Å². The maximum atomic E-state index is 9.16. The molecule has 0 bridgehead atoms. The van der Waals surface area contributed by atoms with Crippen LogP contribution in [0.3, 0.4) is 0 Å². The standard InChI is InChI=1S/C14H15NO2/c1-13(2)12(7-15)14(13)16-8-10-5-3-4-6-11(10)9-17-14/h3-6,12H,8-9H2,1-2H3. The summed E-state index contributed by atoms with van der Waals surface area (Å²) in [4.78, 5) is 0. The van der Waals surface area contributed by atoms with Crippen LogP contribution in [0, 0.1) is 22.7 Å². The highest BCUT2D eigenvalue weighted by Crippen LogP contribution is 2.65. The van der Waals surface area contributed by atoms with Gasteiger partial charge in [0.2, 0.25) is 0 Å². The van der Waals surface area contributed by atoms with E-state index in [-0.39, 0.29) is 11.3 Å². The van der Waals surface area contributed by atoms with Crippen molar-refractivity contribution in [2.45, 2.75) is 32.8 Å². The molecule has 2 aliphatic rings. The summed E-state index contributed by atoms with van der Waals surface area (Å²) in [6.45, 7) is 5.10. The van der Waals surface area contributed by atoms with Gasteiger partial charge in [0.05, 0.1) is 19.3 Å². The minimum Gasteiger partial charge on any atom is -0.343 e. The number of ether oxygens (including phenoxy) is 2. The average Bonchev–Trinajstić information content (AvgIpc) is 2.88. The molecule has 1 aliphatic carbocycles. The Morgan fingerprint density at radius 1 is 1.18 bits per heavy atom. The van der Waals surface area contributed by atoms with Crippen molar-refractivity contribution in [3.8, 4) is 6.07 Å². The van der Waals surface area contributed by atoms with Crippen molar-refractivity contribution >= 4 is 0 Å². The molecule has 1 aromatic rings. The van der Waals surface area contributed by atoms with Gasteiger partial charge in [0.25, 0.3) is 0 Å². The third-order valence-corrected chi connectivity index (χ3v) is 4.05. The second kappa shape index (κ2) is 3.32. The van der Waals surface area contributed by atoms with Crippen LogP contribution in [0.2, 0.25) is 0 Å². The second-order valence-corrected chi connectivity index (χ2v) is 5.30. The quantitative estimate of drug-likeness (QED) is 0.686. The first kappa shape index (κ1) is 10.8. The van der Waals surface area contributed by atoms with Gasteiger partial charge in [-0.25, -0.2) is 0 Å². The highest BCUT2D eigenvalue weighted by atomic mass is 16.7. The molecule has 0 amide bonds. The van der Waals surface area contributed by atoms with Gasteiger partial charge in [-0.3, -0.25) is 0 Å². The van der Waals surface area contributed by atoms with Crippen LogP contribution in [0.15, 0.2) is 24.3 Å². The van der Waals surface area contributed by atoms with E-state index in [2.05, 4.69) is 18.2 Å². The number of hydrogen-bond acceptors (Lipinski definition) is 3. The third-order valence-electron chi connectivity index (χ3n) is 4.05. The summed E-state index contributed by atoms with van der Waals surface area (Å²) in [5.41, 5.74) is 2.09. The summed E-state index contributed by atoms with van der Waals surface area (Å²) in [5, 5.41) is 9.16. The molecule has 1 aromatic carbocycles. The molecule has 0 saturated heterocycles. The van der Waals surface area contributed by atoms with Gasteiger partial charge in [0, 0.05) is 5.41 Å². The van der Waals surface area contributed by atoms with E-state index in [0.29, 0.717) is 13.2 Å². The molecule has 0 radical (unpaired) electrons. The molecule has 88 valence electrons. The van der Waals surface area contributed by atoms with Gasteiger partial charge in [0.1, 0.15) is 5.92 Å². The van der Waals surface area contributed by atoms with Crippen molar-refractivity contribution < 1.29 is 9.47 Å². The zero-order chi connectivity index (χ0) is 12.1. The summed E-state index contributed by atoms with van der Waals surface area (Å²) in [6, 6.07) is 10.4. The topological polar surface area (TPSA) is 42.2 Å². The van der Waals surface area contributed by atoms with E-state index in [1.807, 2.05) is 26.0 Å². The van der Waals surface area contributed by atoms with Crippen LogP contribution in [0.4, 0.5) is 0 Å². The Hall–Kier alpha value is -1.37. The van der Waals surface area contributed by atoms with Gasteiger partial charge in [0.15, 0.2) is 5.79 Å². The van der Waals surface area contributed by atoms with Gasteiger partial charge in [-0.1, -0.05) is 38.1 Å². The van der Waals surface area contributed by atoms with Crippen molar-refractivity contribution in [3.05, 3.63) is 35.4 Å². The Labute approximate surface area is 101 Å². The lowest BCUT2D eigenvalue weighted by Crippen LogP contribution is -2.23. The molecule has 1 unspecified atom stereocenters. The number of rotatable bonds is 0. The Kier molecular flexibility index (Phi) is 2.10. The molecule has 1 spiro atoms. The van der Waals surface area contributed by atoms with E-state index in [9.17, 15) is 0 Å². The zero-order valence-electron chi connectivity index (χ0n) is 10.1. The normalized spacial score (nSPS) is 27.9. The molecule has 1 saturated carbocycles. The predicted octanol–water partition coefficient (Wildman–Crippen LogP) is 2.61. The van der Waals surface area contributed by atoms with Crippen LogP contribution in [-0.2, 0) is 22.7 Å². The fourth-order valence-corrected chi connectivity index (χ4v) is 2.72. The van der Waals surface area contributed by atoms with Crippen LogP contribution < -0.4 is 0 Å².